The standard InChI is InChI=1S/C18H27N5/c1-3-4-9-22(2)14-16-13-20-21-18(16)15-7-8-17(19-12-15)23-10-5-6-11-23/h7-8,12-13H,3-6,9-11,14H2,1-2H3,(H,20,21). The van der Waals surface area contributed by atoms with Crippen molar-refractivity contribution in [1.82, 2.24) is 20.1 Å². The summed E-state index contributed by atoms with van der Waals surface area (Å²) in [5.41, 5.74) is 3.44. The summed E-state index contributed by atoms with van der Waals surface area (Å²) in [6.07, 6.45) is 8.92. The second kappa shape index (κ2) is 7.59. The molecule has 1 fully saturated rings. The van der Waals surface area contributed by atoms with Crippen LogP contribution in [-0.2, 0) is 6.54 Å². The molecule has 1 aliphatic heterocycles. The van der Waals surface area contributed by atoms with E-state index in [2.05, 4.69) is 51.1 Å². The Morgan fingerprint density at radius 2 is 2.04 bits per heavy atom. The van der Waals surface area contributed by atoms with Gasteiger partial charge in [-0.05, 0) is 45.0 Å². The second-order valence-corrected chi connectivity index (χ2v) is 6.46. The zero-order valence-corrected chi connectivity index (χ0v) is 14.3. The molecule has 0 saturated carbocycles. The van der Waals surface area contributed by atoms with Crippen molar-refractivity contribution in [3.8, 4) is 11.3 Å². The summed E-state index contributed by atoms with van der Waals surface area (Å²) in [5.74, 6) is 1.09. The monoisotopic (exact) mass is 313 g/mol. The molecule has 0 aromatic carbocycles. The van der Waals surface area contributed by atoms with Crippen molar-refractivity contribution >= 4 is 5.82 Å². The molecule has 5 nitrogen and oxygen atoms in total. The fraction of sp³-hybridized carbons (Fsp3) is 0.556. The normalized spacial score (nSPS) is 14.8. The fourth-order valence-corrected chi connectivity index (χ4v) is 3.15. The summed E-state index contributed by atoms with van der Waals surface area (Å²) in [6, 6.07) is 4.29. The second-order valence-electron chi connectivity index (χ2n) is 6.46. The number of aromatic amines is 1. The van der Waals surface area contributed by atoms with E-state index in [0.29, 0.717) is 0 Å². The molecule has 23 heavy (non-hydrogen) atoms. The van der Waals surface area contributed by atoms with E-state index < -0.39 is 0 Å². The quantitative estimate of drug-likeness (QED) is 0.852. The molecular weight excluding hydrogens is 286 g/mol. The first kappa shape index (κ1) is 16.0. The molecule has 0 aliphatic carbocycles. The Hall–Kier alpha value is -1.88. The molecule has 1 saturated heterocycles. The number of nitrogens with zero attached hydrogens (tertiary/aromatic N) is 4. The Balaban J connectivity index is 1.70. The van der Waals surface area contributed by atoms with E-state index in [1.165, 1.54) is 31.2 Å². The lowest BCUT2D eigenvalue weighted by Crippen LogP contribution is -2.19. The van der Waals surface area contributed by atoms with Crippen LogP contribution in [0.25, 0.3) is 11.3 Å². The van der Waals surface area contributed by atoms with Gasteiger partial charge >= 0.3 is 0 Å². The zero-order chi connectivity index (χ0) is 16.1. The minimum atomic E-state index is 0.916. The van der Waals surface area contributed by atoms with Crippen molar-refractivity contribution in [3.63, 3.8) is 0 Å². The average molecular weight is 313 g/mol. The van der Waals surface area contributed by atoms with Gasteiger partial charge in [0.1, 0.15) is 5.82 Å². The number of H-pyrrole nitrogens is 1. The number of pyridine rings is 1. The molecule has 0 atom stereocenters. The van der Waals surface area contributed by atoms with Gasteiger partial charge in [-0.25, -0.2) is 4.98 Å². The topological polar surface area (TPSA) is 48.1 Å². The molecule has 2 aromatic rings. The number of nitrogens with one attached hydrogen (secondary N) is 1. The van der Waals surface area contributed by atoms with Crippen LogP contribution in [0.3, 0.4) is 0 Å². The van der Waals surface area contributed by atoms with E-state index in [1.807, 2.05) is 12.4 Å². The number of hydrogen-bond acceptors (Lipinski definition) is 4. The van der Waals surface area contributed by atoms with E-state index in [0.717, 1.165) is 43.3 Å². The molecule has 0 amide bonds. The first-order valence-corrected chi connectivity index (χ1v) is 8.70. The molecule has 1 N–H and O–H groups in total. The predicted octanol–water partition coefficient (Wildman–Crippen LogP) is 3.30. The van der Waals surface area contributed by atoms with Crippen molar-refractivity contribution in [3.05, 3.63) is 30.1 Å². The van der Waals surface area contributed by atoms with Gasteiger partial charge in [0.25, 0.3) is 0 Å². The molecule has 0 unspecified atom stereocenters. The van der Waals surface area contributed by atoms with Crippen LogP contribution >= 0.6 is 0 Å². The first-order valence-electron chi connectivity index (χ1n) is 8.70. The van der Waals surface area contributed by atoms with Gasteiger partial charge in [0.15, 0.2) is 0 Å². The zero-order valence-electron chi connectivity index (χ0n) is 14.3. The van der Waals surface area contributed by atoms with Crippen molar-refractivity contribution < 1.29 is 0 Å². The smallest absolute Gasteiger partial charge is 0.128 e. The predicted molar refractivity (Wildman–Crippen MR) is 94.5 cm³/mol. The molecule has 0 bridgehead atoms. The van der Waals surface area contributed by atoms with E-state index in [9.17, 15) is 0 Å². The summed E-state index contributed by atoms with van der Waals surface area (Å²) in [6.45, 7) is 6.52. The Kier molecular flexibility index (Phi) is 5.28. The van der Waals surface area contributed by atoms with Gasteiger partial charge in [-0.15, -0.1) is 0 Å². The molecule has 1 aliphatic rings. The van der Waals surface area contributed by atoms with Crippen LogP contribution in [0, 0.1) is 0 Å². The summed E-state index contributed by atoms with van der Waals surface area (Å²) >= 11 is 0. The van der Waals surface area contributed by atoms with Gasteiger partial charge in [-0.2, -0.15) is 5.10 Å². The summed E-state index contributed by atoms with van der Waals surface area (Å²) in [4.78, 5) is 9.36. The van der Waals surface area contributed by atoms with Crippen LogP contribution in [-0.4, -0.2) is 46.8 Å². The van der Waals surface area contributed by atoms with Crippen molar-refractivity contribution in [2.45, 2.75) is 39.2 Å². The Labute approximate surface area is 138 Å². The van der Waals surface area contributed by atoms with E-state index in [4.69, 9.17) is 0 Å². The number of unbranched alkanes of at least 4 members (excludes halogenated alkanes) is 1. The van der Waals surface area contributed by atoms with Crippen LogP contribution in [0.5, 0.6) is 0 Å². The number of aromatic nitrogens is 3. The number of rotatable bonds is 7. The number of hydrogen-bond donors (Lipinski definition) is 1. The molecule has 3 rings (SSSR count). The molecule has 0 spiro atoms. The Bertz CT molecular complexity index is 598. The van der Waals surface area contributed by atoms with Gasteiger partial charge in [-0.1, -0.05) is 13.3 Å². The van der Waals surface area contributed by atoms with Crippen molar-refractivity contribution in [2.75, 3.05) is 31.6 Å². The maximum absolute atomic E-state index is 4.65. The summed E-state index contributed by atoms with van der Waals surface area (Å²) in [5, 5.41) is 7.38. The highest BCUT2D eigenvalue weighted by Gasteiger charge is 2.14. The third-order valence-corrected chi connectivity index (χ3v) is 4.52. The molecule has 5 heteroatoms. The van der Waals surface area contributed by atoms with Crippen LogP contribution < -0.4 is 4.90 Å². The van der Waals surface area contributed by atoms with Gasteiger partial charge in [-0.3, -0.25) is 5.10 Å². The molecule has 3 heterocycles. The van der Waals surface area contributed by atoms with Crippen LogP contribution in [0.1, 0.15) is 38.2 Å². The van der Waals surface area contributed by atoms with Gasteiger partial charge in [0, 0.05) is 37.0 Å². The fourth-order valence-electron chi connectivity index (χ4n) is 3.15. The van der Waals surface area contributed by atoms with Crippen LogP contribution in [0.15, 0.2) is 24.5 Å². The van der Waals surface area contributed by atoms with E-state index in [-0.39, 0.29) is 0 Å². The van der Waals surface area contributed by atoms with E-state index in [1.54, 1.807) is 0 Å². The Morgan fingerprint density at radius 1 is 1.22 bits per heavy atom. The minimum Gasteiger partial charge on any atom is -0.357 e. The van der Waals surface area contributed by atoms with Gasteiger partial charge in [0.05, 0.1) is 11.9 Å². The van der Waals surface area contributed by atoms with Gasteiger partial charge in [0.2, 0.25) is 0 Å². The molecular formula is C18H27N5. The third kappa shape index (κ3) is 3.91. The van der Waals surface area contributed by atoms with Gasteiger partial charge < -0.3 is 9.80 Å². The lowest BCUT2D eigenvalue weighted by molar-refractivity contribution is 0.321. The summed E-state index contributed by atoms with van der Waals surface area (Å²) < 4.78 is 0. The number of anilines is 1. The molecule has 124 valence electrons. The molecule has 0 radical (unpaired) electrons. The average Bonchev–Trinajstić information content (AvgIpc) is 3.25. The maximum atomic E-state index is 4.65. The lowest BCUT2D eigenvalue weighted by Gasteiger charge is -2.17. The SMILES string of the molecule is CCCCN(C)Cc1cn[nH]c1-c1ccc(N2CCCC2)nc1. The summed E-state index contributed by atoms with van der Waals surface area (Å²) in [7, 11) is 2.17. The van der Waals surface area contributed by atoms with Crippen molar-refractivity contribution in [2.24, 2.45) is 0 Å². The minimum absolute atomic E-state index is 0.916. The van der Waals surface area contributed by atoms with Crippen molar-refractivity contribution in [1.29, 1.82) is 0 Å². The molecule has 2 aromatic heterocycles. The Morgan fingerprint density at radius 3 is 2.74 bits per heavy atom. The first-order chi connectivity index (χ1) is 11.3. The van der Waals surface area contributed by atoms with Crippen LogP contribution in [0.2, 0.25) is 0 Å². The van der Waals surface area contributed by atoms with Crippen LogP contribution in [0.4, 0.5) is 5.82 Å². The van der Waals surface area contributed by atoms with E-state index >= 15 is 0 Å². The highest BCUT2D eigenvalue weighted by atomic mass is 15.2. The highest BCUT2D eigenvalue weighted by Crippen LogP contribution is 2.24. The lowest BCUT2D eigenvalue weighted by atomic mass is 10.1. The third-order valence-electron chi connectivity index (χ3n) is 4.52. The largest absolute Gasteiger partial charge is 0.357 e. The maximum Gasteiger partial charge on any atom is 0.128 e. The highest BCUT2D eigenvalue weighted by molar-refractivity contribution is 5.63.